The van der Waals surface area contributed by atoms with Gasteiger partial charge in [-0.05, 0) is 39.7 Å². The molecular formula is C14H11BrNO5S2-. The normalized spacial score (nSPS) is 16.3. The summed E-state index contributed by atoms with van der Waals surface area (Å²) < 4.78 is 5.78. The summed E-state index contributed by atoms with van der Waals surface area (Å²) in [5, 5.41) is 20.3. The molecule has 0 atom stereocenters. The molecule has 1 heterocycles. The molecule has 9 heteroatoms. The van der Waals surface area contributed by atoms with Crippen LogP contribution < -0.4 is 9.84 Å². The summed E-state index contributed by atoms with van der Waals surface area (Å²) in [6, 6.07) is 3.21. The van der Waals surface area contributed by atoms with Crippen molar-refractivity contribution in [3.63, 3.8) is 0 Å². The zero-order valence-electron chi connectivity index (χ0n) is 11.9. The molecule has 0 radical (unpaired) electrons. The van der Waals surface area contributed by atoms with E-state index in [2.05, 4.69) is 15.9 Å². The van der Waals surface area contributed by atoms with E-state index < -0.39 is 5.97 Å². The van der Waals surface area contributed by atoms with Gasteiger partial charge in [-0.2, -0.15) is 0 Å². The van der Waals surface area contributed by atoms with E-state index in [1.54, 1.807) is 18.2 Å². The van der Waals surface area contributed by atoms with Crippen LogP contribution in [0, 0.1) is 0 Å². The highest BCUT2D eigenvalue weighted by Gasteiger charge is 2.31. The van der Waals surface area contributed by atoms with Crippen molar-refractivity contribution in [3.05, 3.63) is 27.1 Å². The maximum atomic E-state index is 12.3. The van der Waals surface area contributed by atoms with Crippen LogP contribution in [0.15, 0.2) is 21.5 Å². The van der Waals surface area contributed by atoms with Gasteiger partial charge in [-0.3, -0.25) is 9.69 Å². The summed E-state index contributed by atoms with van der Waals surface area (Å²) in [5.74, 6) is -1.37. The number of halogens is 1. The van der Waals surface area contributed by atoms with Crippen molar-refractivity contribution in [2.75, 3.05) is 13.7 Å². The number of phenols is 1. The zero-order valence-corrected chi connectivity index (χ0v) is 15.1. The predicted molar refractivity (Wildman–Crippen MR) is 91.9 cm³/mol. The molecule has 2 rings (SSSR count). The van der Waals surface area contributed by atoms with Gasteiger partial charge in [-0.25, -0.2) is 0 Å². The number of aliphatic carboxylic acids is 1. The molecule has 6 nitrogen and oxygen atoms in total. The zero-order chi connectivity index (χ0) is 17.1. The van der Waals surface area contributed by atoms with Gasteiger partial charge in [-0.15, -0.1) is 0 Å². The number of carboxylic acids is 1. The molecule has 23 heavy (non-hydrogen) atoms. The van der Waals surface area contributed by atoms with Crippen molar-refractivity contribution >= 4 is 62.2 Å². The van der Waals surface area contributed by atoms with Gasteiger partial charge in [-0.1, -0.05) is 24.0 Å². The van der Waals surface area contributed by atoms with E-state index in [0.29, 0.717) is 19.3 Å². The van der Waals surface area contributed by atoms with Gasteiger partial charge in [0.15, 0.2) is 11.5 Å². The van der Waals surface area contributed by atoms with E-state index in [9.17, 15) is 19.8 Å². The topological polar surface area (TPSA) is 89.9 Å². The van der Waals surface area contributed by atoms with E-state index in [-0.39, 0.29) is 30.4 Å². The molecule has 1 N–H and O–H groups in total. The third-order valence-corrected chi connectivity index (χ3v) is 4.96. The maximum Gasteiger partial charge on any atom is 0.266 e. The first-order valence-electron chi connectivity index (χ1n) is 6.35. The average Bonchev–Trinajstić information content (AvgIpc) is 2.74. The summed E-state index contributed by atoms with van der Waals surface area (Å²) >= 11 is 9.39. The van der Waals surface area contributed by atoms with Crippen LogP contribution in [0.25, 0.3) is 6.08 Å². The number of thiocarbonyl (C=S) groups is 1. The van der Waals surface area contributed by atoms with Crippen LogP contribution >= 0.6 is 39.9 Å². The number of rotatable bonds is 5. The molecule has 1 amide bonds. The number of amides is 1. The SMILES string of the molecule is COc1cc(/C=C2/SC(=S)N(CCC(=O)[O-])C2=O)cc(Br)c1O. The molecule has 1 aromatic carbocycles. The first-order valence-corrected chi connectivity index (χ1v) is 8.37. The number of benzene rings is 1. The number of methoxy groups -OCH3 is 1. The number of aromatic hydroxyl groups is 1. The Hall–Kier alpha value is -1.58. The quantitative estimate of drug-likeness (QED) is 0.574. The molecule has 0 aliphatic carbocycles. The number of hydrogen-bond acceptors (Lipinski definition) is 7. The van der Waals surface area contributed by atoms with Gasteiger partial charge in [0.1, 0.15) is 4.32 Å². The highest BCUT2D eigenvalue weighted by molar-refractivity contribution is 9.10. The van der Waals surface area contributed by atoms with Gasteiger partial charge in [0, 0.05) is 18.9 Å². The van der Waals surface area contributed by atoms with Crippen LogP contribution in [0.1, 0.15) is 12.0 Å². The van der Waals surface area contributed by atoms with Gasteiger partial charge < -0.3 is 19.7 Å². The Morgan fingerprint density at radius 2 is 2.26 bits per heavy atom. The number of carbonyl (C=O) groups excluding carboxylic acids is 2. The summed E-state index contributed by atoms with van der Waals surface area (Å²) in [4.78, 5) is 24.4. The van der Waals surface area contributed by atoms with E-state index in [1.165, 1.54) is 12.0 Å². The Bertz CT molecular complexity index is 719. The Morgan fingerprint density at radius 3 is 2.87 bits per heavy atom. The first kappa shape index (κ1) is 17.8. The molecule has 0 spiro atoms. The number of ether oxygens (including phenoxy) is 1. The molecule has 1 fully saturated rings. The largest absolute Gasteiger partial charge is 0.550 e. The monoisotopic (exact) mass is 416 g/mol. The fraction of sp³-hybridized carbons (Fsp3) is 0.214. The van der Waals surface area contributed by atoms with Gasteiger partial charge >= 0.3 is 0 Å². The van der Waals surface area contributed by atoms with E-state index in [0.717, 1.165) is 11.8 Å². The van der Waals surface area contributed by atoms with E-state index >= 15 is 0 Å². The molecule has 0 aromatic heterocycles. The fourth-order valence-corrected chi connectivity index (χ4v) is 3.65. The minimum atomic E-state index is -1.24. The summed E-state index contributed by atoms with van der Waals surface area (Å²) in [6.45, 7) is -0.0209. The molecule has 122 valence electrons. The van der Waals surface area contributed by atoms with E-state index in [4.69, 9.17) is 17.0 Å². The maximum absolute atomic E-state index is 12.3. The number of phenolic OH excluding ortho intramolecular Hbond substituents is 1. The lowest BCUT2D eigenvalue weighted by Crippen LogP contribution is -2.33. The Labute approximate surface area is 150 Å². The van der Waals surface area contributed by atoms with Crippen LogP contribution in [-0.4, -0.2) is 39.9 Å². The lowest BCUT2D eigenvalue weighted by Gasteiger charge is -2.14. The summed E-state index contributed by atoms with van der Waals surface area (Å²) in [6.07, 6.45) is 1.32. The highest BCUT2D eigenvalue weighted by atomic mass is 79.9. The lowest BCUT2D eigenvalue weighted by molar-refractivity contribution is -0.305. The average molecular weight is 417 g/mol. The minimum Gasteiger partial charge on any atom is -0.550 e. The van der Waals surface area contributed by atoms with Gasteiger partial charge in [0.05, 0.1) is 16.5 Å². The van der Waals surface area contributed by atoms with Crippen LogP contribution in [0.5, 0.6) is 11.5 Å². The third kappa shape index (κ3) is 4.04. The van der Waals surface area contributed by atoms with E-state index in [1.807, 2.05) is 0 Å². The predicted octanol–water partition coefficient (Wildman–Crippen LogP) is 1.50. The molecule has 1 saturated heterocycles. The van der Waals surface area contributed by atoms with Crippen LogP contribution in [-0.2, 0) is 9.59 Å². The van der Waals surface area contributed by atoms with Crippen molar-refractivity contribution < 1.29 is 24.5 Å². The van der Waals surface area contributed by atoms with Crippen LogP contribution in [0.4, 0.5) is 0 Å². The van der Waals surface area contributed by atoms with Crippen molar-refractivity contribution in [3.8, 4) is 11.5 Å². The second-order valence-corrected chi connectivity index (χ2v) is 7.04. The highest BCUT2D eigenvalue weighted by Crippen LogP contribution is 2.38. The van der Waals surface area contributed by atoms with Crippen LogP contribution in [0.3, 0.4) is 0 Å². The standard InChI is InChI=1S/C14H12BrNO5S2/c1-21-9-5-7(4-8(15)12(9)19)6-10-13(20)16(14(22)23-10)3-2-11(17)18/h4-6,19H,2-3H2,1H3,(H,17,18)/p-1/b10-6+. The molecule has 0 unspecified atom stereocenters. The lowest BCUT2D eigenvalue weighted by atomic mass is 10.2. The molecule has 1 aliphatic heterocycles. The molecule has 0 saturated carbocycles. The smallest absolute Gasteiger partial charge is 0.266 e. The van der Waals surface area contributed by atoms with Gasteiger partial charge in [0.2, 0.25) is 0 Å². The number of thioether (sulfide) groups is 1. The van der Waals surface area contributed by atoms with Crippen molar-refractivity contribution in [2.24, 2.45) is 0 Å². The third-order valence-electron chi connectivity index (χ3n) is 2.98. The second-order valence-electron chi connectivity index (χ2n) is 4.51. The number of nitrogens with zero attached hydrogens (tertiary/aromatic N) is 1. The number of carboxylic acid groups (broad SMARTS) is 1. The Kier molecular flexibility index (Phi) is 5.66. The minimum absolute atomic E-state index is 0.0209. The summed E-state index contributed by atoms with van der Waals surface area (Å²) in [5.41, 5.74) is 0.631. The van der Waals surface area contributed by atoms with Crippen LogP contribution in [0.2, 0.25) is 0 Å². The Morgan fingerprint density at radius 1 is 1.57 bits per heavy atom. The first-order chi connectivity index (χ1) is 10.8. The number of hydrogen-bond donors (Lipinski definition) is 1. The fourth-order valence-electron chi connectivity index (χ4n) is 1.88. The molecule has 1 aliphatic rings. The van der Waals surface area contributed by atoms with Gasteiger partial charge in [0.25, 0.3) is 5.91 Å². The van der Waals surface area contributed by atoms with Crippen molar-refractivity contribution in [1.82, 2.24) is 4.90 Å². The number of carbonyl (C=O) groups is 2. The van der Waals surface area contributed by atoms with Crippen molar-refractivity contribution in [1.29, 1.82) is 0 Å². The molecule has 1 aromatic rings. The van der Waals surface area contributed by atoms with Crippen molar-refractivity contribution in [2.45, 2.75) is 6.42 Å². The Balaban J connectivity index is 2.27. The second kappa shape index (κ2) is 7.33. The molecular weight excluding hydrogens is 406 g/mol. The summed E-state index contributed by atoms with van der Waals surface area (Å²) in [7, 11) is 1.42. The molecule has 0 bridgehead atoms.